The maximum absolute atomic E-state index is 3.81. The molecule has 1 N–H and O–H groups in total. The van der Waals surface area contributed by atoms with E-state index in [-0.39, 0.29) is 0 Å². The normalized spacial score (nSPS) is 29.3. The fourth-order valence-electron chi connectivity index (χ4n) is 4.02. The summed E-state index contributed by atoms with van der Waals surface area (Å²) in [6.07, 6.45) is 5.54. The second-order valence-electron chi connectivity index (χ2n) is 6.39. The van der Waals surface area contributed by atoms with Crippen LogP contribution in [0, 0.1) is 24.7 Å². The minimum Gasteiger partial charge on any atom is -0.310 e. The zero-order valence-corrected chi connectivity index (χ0v) is 15.4. The van der Waals surface area contributed by atoms with Gasteiger partial charge in [0.15, 0.2) is 0 Å². The molecule has 3 heteroatoms. The monoisotopic (exact) mass is 399 g/mol. The topological polar surface area (TPSA) is 12.0 Å². The molecule has 0 bridgehead atoms. The highest BCUT2D eigenvalue weighted by Gasteiger charge is 2.56. The predicted molar refractivity (Wildman–Crippen MR) is 91.9 cm³/mol. The number of benzene rings is 1. The maximum Gasteiger partial charge on any atom is 0.0365 e. The lowest BCUT2D eigenvalue weighted by Gasteiger charge is -2.23. The first-order valence-corrected chi connectivity index (χ1v) is 9.41. The van der Waals surface area contributed by atoms with Gasteiger partial charge < -0.3 is 5.32 Å². The molecule has 0 radical (unpaired) electrons. The van der Waals surface area contributed by atoms with Crippen LogP contribution in [0.2, 0.25) is 0 Å². The van der Waals surface area contributed by atoms with Crippen LogP contribution >= 0.6 is 31.9 Å². The van der Waals surface area contributed by atoms with Crippen LogP contribution in [0.25, 0.3) is 0 Å². The molecule has 3 rings (SSSR count). The molecule has 20 heavy (non-hydrogen) atoms. The Morgan fingerprint density at radius 2 is 1.90 bits per heavy atom. The van der Waals surface area contributed by atoms with Crippen molar-refractivity contribution in [2.45, 2.75) is 45.6 Å². The number of aryl methyl sites for hydroxylation is 1. The molecular formula is C17H23Br2N. The average molecular weight is 401 g/mol. The quantitative estimate of drug-likeness (QED) is 0.677. The molecule has 0 saturated heterocycles. The Balaban J connectivity index is 1.87. The second kappa shape index (κ2) is 6.10. The lowest BCUT2D eigenvalue weighted by molar-refractivity contribution is 0.416. The summed E-state index contributed by atoms with van der Waals surface area (Å²) in [4.78, 5) is 0. The van der Waals surface area contributed by atoms with Gasteiger partial charge in [0.05, 0.1) is 0 Å². The van der Waals surface area contributed by atoms with Crippen LogP contribution in [0.15, 0.2) is 21.1 Å². The van der Waals surface area contributed by atoms with Crippen LogP contribution in [0.5, 0.6) is 0 Å². The molecule has 0 amide bonds. The maximum atomic E-state index is 3.81. The number of hydrogen-bond donors (Lipinski definition) is 1. The van der Waals surface area contributed by atoms with Gasteiger partial charge in [0, 0.05) is 15.0 Å². The van der Waals surface area contributed by atoms with E-state index >= 15 is 0 Å². The zero-order valence-electron chi connectivity index (χ0n) is 12.3. The van der Waals surface area contributed by atoms with Crippen molar-refractivity contribution in [1.82, 2.24) is 5.32 Å². The van der Waals surface area contributed by atoms with Gasteiger partial charge in [-0.05, 0) is 73.7 Å². The second-order valence-corrected chi connectivity index (χ2v) is 8.10. The van der Waals surface area contributed by atoms with Crippen molar-refractivity contribution in [3.05, 3.63) is 32.2 Å². The summed E-state index contributed by atoms with van der Waals surface area (Å²) in [7, 11) is 0. The van der Waals surface area contributed by atoms with Crippen LogP contribution in [0.1, 0.15) is 49.8 Å². The third-order valence-electron chi connectivity index (χ3n) is 5.08. The van der Waals surface area contributed by atoms with E-state index in [9.17, 15) is 0 Å². The molecule has 1 aromatic rings. The van der Waals surface area contributed by atoms with Gasteiger partial charge in [0.25, 0.3) is 0 Å². The minimum absolute atomic E-state index is 0.525. The van der Waals surface area contributed by atoms with Crippen molar-refractivity contribution in [3.63, 3.8) is 0 Å². The Kier molecular flexibility index (Phi) is 4.59. The van der Waals surface area contributed by atoms with E-state index in [4.69, 9.17) is 0 Å². The van der Waals surface area contributed by atoms with Gasteiger partial charge in [-0.1, -0.05) is 45.2 Å². The van der Waals surface area contributed by atoms with Gasteiger partial charge in [-0.25, -0.2) is 0 Å². The van der Waals surface area contributed by atoms with Crippen molar-refractivity contribution in [3.8, 4) is 0 Å². The van der Waals surface area contributed by atoms with Crippen LogP contribution < -0.4 is 5.32 Å². The van der Waals surface area contributed by atoms with Gasteiger partial charge in [-0.2, -0.15) is 0 Å². The number of hydrogen-bond acceptors (Lipinski definition) is 1. The summed E-state index contributed by atoms with van der Waals surface area (Å²) >= 11 is 7.49. The Morgan fingerprint density at radius 3 is 2.55 bits per heavy atom. The number of halogens is 2. The third-order valence-corrected chi connectivity index (χ3v) is 6.63. The van der Waals surface area contributed by atoms with E-state index in [0.717, 1.165) is 24.3 Å². The van der Waals surface area contributed by atoms with E-state index in [0.29, 0.717) is 6.04 Å². The van der Waals surface area contributed by atoms with E-state index in [2.05, 4.69) is 63.2 Å². The zero-order chi connectivity index (χ0) is 14.3. The summed E-state index contributed by atoms with van der Waals surface area (Å²) < 4.78 is 2.49. The Morgan fingerprint density at radius 1 is 1.20 bits per heavy atom. The first kappa shape index (κ1) is 15.1. The van der Waals surface area contributed by atoms with E-state index in [1.165, 1.54) is 45.8 Å². The summed E-state index contributed by atoms with van der Waals surface area (Å²) in [5.74, 6) is 2.83. The molecule has 0 aliphatic heterocycles. The van der Waals surface area contributed by atoms with Gasteiger partial charge in [0.1, 0.15) is 0 Å². The molecule has 1 nitrogen and oxygen atoms in total. The fourth-order valence-corrected chi connectivity index (χ4v) is 5.09. The smallest absolute Gasteiger partial charge is 0.0365 e. The molecule has 0 spiro atoms. The lowest BCUT2D eigenvalue weighted by Crippen LogP contribution is -2.26. The van der Waals surface area contributed by atoms with E-state index in [1.807, 2.05) is 0 Å². The third kappa shape index (κ3) is 2.74. The summed E-state index contributed by atoms with van der Waals surface area (Å²) in [5, 5.41) is 3.81. The lowest BCUT2D eigenvalue weighted by atomic mass is 9.96. The van der Waals surface area contributed by atoms with Gasteiger partial charge >= 0.3 is 0 Å². The molecule has 2 fully saturated rings. The summed E-state index contributed by atoms with van der Waals surface area (Å²) in [6.45, 7) is 5.51. The molecule has 3 atom stereocenters. The highest BCUT2D eigenvalue weighted by molar-refractivity contribution is 9.11. The van der Waals surface area contributed by atoms with E-state index < -0.39 is 0 Å². The van der Waals surface area contributed by atoms with E-state index in [1.54, 1.807) is 0 Å². The molecule has 0 heterocycles. The Hall–Kier alpha value is 0.140. The van der Waals surface area contributed by atoms with Crippen LogP contribution in [0.4, 0.5) is 0 Å². The predicted octanol–water partition coefficient (Wildman–Crippen LogP) is 5.61. The van der Waals surface area contributed by atoms with Crippen LogP contribution in [-0.4, -0.2) is 6.54 Å². The van der Waals surface area contributed by atoms with Crippen molar-refractivity contribution < 1.29 is 0 Å². The molecular weight excluding hydrogens is 378 g/mol. The minimum atomic E-state index is 0.525. The molecule has 2 saturated carbocycles. The molecule has 0 aromatic heterocycles. The first-order chi connectivity index (χ1) is 9.63. The largest absolute Gasteiger partial charge is 0.310 e. The van der Waals surface area contributed by atoms with Gasteiger partial charge in [-0.15, -0.1) is 0 Å². The molecule has 110 valence electrons. The Labute approximate surface area is 139 Å². The SMILES string of the molecule is CCCNC(c1cc(Br)c(C)cc1Br)C1C2CCCC21. The number of nitrogens with one attached hydrogen (secondary N) is 1. The van der Waals surface area contributed by atoms with Crippen molar-refractivity contribution in [1.29, 1.82) is 0 Å². The highest BCUT2D eigenvalue weighted by Crippen LogP contribution is 2.62. The molecule has 2 aliphatic rings. The van der Waals surface area contributed by atoms with Crippen LogP contribution in [0.3, 0.4) is 0 Å². The van der Waals surface area contributed by atoms with Crippen molar-refractivity contribution in [2.75, 3.05) is 6.54 Å². The van der Waals surface area contributed by atoms with Crippen molar-refractivity contribution >= 4 is 31.9 Å². The summed E-state index contributed by atoms with van der Waals surface area (Å²) in [5.41, 5.74) is 2.74. The number of rotatable bonds is 5. The fraction of sp³-hybridized carbons (Fsp3) is 0.647. The highest BCUT2D eigenvalue weighted by atomic mass is 79.9. The van der Waals surface area contributed by atoms with Crippen molar-refractivity contribution in [2.24, 2.45) is 17.8 Å². The standard InChI is InChI=1S/C17H23Br2N/c1-3-7-20-17(16-11-5-4-6-12(11)16)13-9-14(18)10(2)8-15(13)19/h8-9,11-12,16-17,20H,3-7H2,1-2H3. The van der Waals surface area contributed by atoms with Crippen LogP contribution in [-0.2, 0) is 0 Å². The average Bonchev–Trinajstić information content (AvgIpc) is 2.88. The number of fused-ring (bicyclic) bond motifs is 1. The Bertz CT molecular complexity index is 490. The summed E-state index contributed by atoms with van der Waals surface area (Å²) in [6, 6.07) is 5.09. The van der Waals surface area contributed by atoms with Gasteiger partial charge in [-0.3, -0.25) is 0 Å². The first-order valence-electron chi connectivity index (χ1n) is 7.82. The van der Waals surface area contributed by atoms with Gasteiger partial charge in [0.2, 0.25) is 0 Å². The molecule has 3 unspecified atom stereocenters. The molecule has 2 aliphatic carbocycles. The molecule has 1 aromatic carbocycles.